The van der Waals surface area contributed by atoms with Gasteiger partial charge >= 0.3 is 5.97 Å². The Balaban J connectivity index is 2.00. The Hall–Kier alpha value is -2.49. The van der Waals surface area contributed by atoms with E-state index in [1.807, 2.05) is 24.3 Å². The molecule has 0 heterocycles. The first-order chi connectivity index (χ1) is 9.60. The van der Waals surface area contributed by atoms with Crippen LogP contribution >= 0.6 is 0 Å². The SMILES string of the molecule is CCc1ccc(COC(=O)c2ccc(O)cc2O)cc1. The number of phenolic OH excluding ortho intramolecular Hbond substituents is 2. The second kappa shape index (κ2) is 6.10. The molecule has 0 bridgehead atoms. The predicted molar refractivity (Wildman–Crippen MR) is 74.7 cm³/mol. The summed E-state index contributed by atoms with van der Waals surface area (Å²) in [5.41, 5.74) is 2.14. The van der Waals surface area contributed by atoms with E-state index in [9.17, 15) is 9.90 Å². The number of carbonyl (C=O) groups excluding carboxylic acids is 1. The number of rotatable bonds is 4. The first-order valence-electron chi connectivity index (χ1n) is 6.37. The van der Waals surface area contributed by atoms with Gasteiger partial charge in [-0.2, -0.15) is 0 Å². The lowest BCUT2D eigenvalue weighted by atomic mass is 10.1. The zero-order valence-electron chi connectivity index (χ0n) is 11.2. The van der Waals surface area contributed by atoms with Crippen LogP contribution in [-0.4, -0.2) is 16.2 Å². The van der Waals surface area contributed by atoms with E-state index >= 15 is 0 Å². The number of aryl methyl sites for hydroxylation is 1. The third-order valence-electron chi connectivity index (χ3n) is 3.00. The number of esters is 1. The summed E-state index contributed by atoms with van der Waals surface area (Å²) in [6.07, 6.45) is 0.960. The largest absolute Gasteiger partial charge is 0.508 e. The number of phenols is 2. The van der Waals surface area contributed by atoms with Crippen LogP contribution in [0.5, 0.6) is 11.5 Å². The van der Waals surface area contributed by atoms with E-state index in [0.717, 1.165) is 18.1 Å². The number of ether oxygens (including phenoxy) is 1. The number of carbonyl (C=O) groups is 1. The highest BCUT2D eigenvalue weighted by molar-refractivity contribution is 5.92. The van der Waals surface area contributed by atoms with E-state index in [0.29, 0.717) is 0 Å². The van der Waals surface area contributed by atoms with Gasteiger partial charge in [-0.15, -0.1) is 0 Å². The predicted octanol–water partition coefficient (Wildman–Crippen LogP) is 3.02. The summed E-state index contributed by atoms with van der Waals surface area (Å²) in [4.78, 5) is 11.8. The van der Waals surface area contributed by atoms with Crippen molar-refractivity contribution in [3.05, 3.63) is 59.2 Å². The highest BCUT2D eigenvalue weighted by Crippen LogP contribution is 2.23. The average Bonchev–Trinajstić information content (AvgIpc) is 2.45. The highest BCUT2D eigenvalue weighted by atomic mass is 16.5. The fourth-order valence-corrected chi connectivity index (χ4v) is 1.79. The lowest BCUT2D eigenvalue weighted by Crippen LogP contribution is -2.05. The summed E-state index contributed by atoms with van der Waals surface area (Å²) in [5.74, 6) is -1.02. The molecule has 0 atom stereocenters. The smallest absolute Gasteiger partial charge is 0.342 e. The lowest BCUT2D eigenvalue weighted by Gasteiger charge is -2.07. The van der Waals surface area contributed by atoms with Crippen molar-refractivity contribution in [1.29, 1.82) is 0 Å². The molecule has 20 heavy (non-hydrogen) atoms. The Morgan fingerprint density at radius 2 is 1.70 bits per heavy atom. The van der Waals surface area contributed by atoms with E-state index in [2.05, 4.69) is 6.92 Å². The summed E-state index contributed by atoms with van der Waals surface area (Å²) in [6, 6.07) is 11.5. The quantitative estimate of drug-likeness (QED) is 0.840. The van der Waals surface area contributed by atoms with Crippen LogP contribution in [0.1, 0.15) is 28.4 Å². The molecule has 0 radical (unpaired) electrons. The van der Waals surface area contributed by atoms with Gasteiger partial charge in [0.2, 0.25) is 0 Å². The monoisotopic (exact) mass is 272 g/mol. The maximum atomic E-state index is 11.8. The van der Waals surface area contributed by atoms with E-state index < -0.39 is 5.97 Å². The normalized spacial score (nSPS) is 10.2. The number of benzene rings is 2. The van der Waals surface area contributed by atoms with E-state index in [-0.39, 0.29) is 23.7 Å². The molecule has 4 heteroatoms. The molecule has 0 amide bonds. The Bertz CT molecular complexity index is 602. The van der Waals surface area contributed by atoms with Crippen molar-refractivity contribution >= 4 is 5.97 Å². The molecule has 0 aliphatic carbocycles. The van der Waals surface area contributed by atoms with Crippen LogP contribution < -0.4 is 0 Å². The van der Waals surface area contributed by atoms with Crippen molar-refractivity contribution in [3.8, 4) is 11.5 Å². The molecule has 104 valence electrons. The zero-order chi connectivity index (χ0) is 14.5. The Labute approximate surface area is 117 Å². The van der Waals surface area contributed by atoms with Crippen molar-refractivity contribution in [3.63, 3.8) is 0 Å². The van der Waals surface area contributed by atoms with Crippen LogP contribution in [0.2, 0.25) is 0 Å². The van der Waals surface area contributed by atoms with Gasteiger partial charge in [0.05, 0.1) is 0 Å². The third kappa shape index (κ3) is 3.29. The Morgan fingerprint density at radius 3 is 2.30 bits per heavy atom. The van der Waals surface area contributed by atoms with Gasteiger partial charge in [-0.3, -0.25) is 0 Å². The maximum Gasteiger partial charge on any atom is 0.342 e. The highest BCUT2D eigenvalue weighted by Gasteiger charge is 2.13. The topological polar surface area (TPSA) is 66.8 Å². The molecule has 2 N–H and O–H groups in total. The van der Waals surface area contributed by atoms with Gasteiger partial charge in [0, 0.05) is 6.07 Å². The number of hydrogen-bond donors (Lipinski definition) is 2. The summed E-state index contributed by atoms with van der Waals surface area (Å²) >= 11 is 0. The van der Waals surface area contributed by atoms with Crippen molar-refractivity contribution < 1.29 is 19.7 Å². The average molecular weight is 272 g/mol. The zero-order valence-corrected chi connectivity index (χ0v) is 11.2. The summed E-state index contributed by atoms with van der Waals surface area (Å²) < 4.78 is 5.13. The van der Waals surface area contributed by atoms with Crippen LogP contribution in [0, 0.1) is 0 Å². The summed E-state index contributed by atoms with van der Waals surface area (Å²) in [6.45, 7) is 2.21. The molecule has 2 aromatic carbocycles. The van der Waals surface area contributed by atoms with Gasteiger partial charge in [0.1, 0.15) is 23.7 Å². The van der Waals surface area contributed by atoms with Gasteiger partial charge in [-0.05, 0) is 29.7 Å². The molecule has 0 spiro atoms. The molecule has 0 saturated carbocycles. The van der Waals surface area contributed by atoms with Crippen LogP contribution in [0.3, 0.4) is 0 Å². The fraction of sp³-hybridized carbons (Fsp3) is 0.188. The Morgan fingerprint density at radius 1 is 1.05 bits per heavy atom. The van der Waals surface area contributed by atoms with Crippen LogP contribution in [0.25, 0.3) is 0 Å². The molecule has 0 aliphatic rings. The second-order valence-electron chi connectivity index (χ2n) is 4.45. The molecule has 0 fully saturated rings. The van der Waals surface area contributed by atoms with Crippen molar-refractivity contribution in [2.45, 2.75) is 20.0 Å². The number of aromatic hydroxyl groups is 2. The standard InChI is InChI=1S/C16H16O4/c1-2-11-3-5-12(6-4-11)10-20-16(19)14-8-7-13(17)9-15(14)18/h3-9,17-18H,2,10H2,1H3. The third-order valence-corrected chi connectivity index (χ3v) is 3.00. The van der Waals surface area contributed by atoms with Crippen molar-refractivity contribution in [1.82, 2.24) is 0 Å². The molecule has 4 nitrogen and oxygen atoms in total. The maximum absolute atomic E-state index is 11.8. The van der Waals surface area contributed by atoms with E-state index in [4.69, 9.17) is 9.84 Å². The van der Waals surface area contributed by atoms with Crippen LogP contribution in [-0.2, 0) is 17.8 Å². The van der Waals surface area contributed by atoms with Gasteiger partial charge in [0.15, 0.2) is 0 Å². The summed E-state index contributed by atoms with van der Waals surface area (Å²) in [5, 5.41) is 18.7. The Kier molecular flexibility index (Phi) is 4.25. The molecule has 0 saturated heterocycles. The lowest BCUT2D eigenvalue weighted by molar-refractivity contribution is 0.0469. The molecular weight excluding hydrogens is 256 g/mol. The number of hydrogen-bond acceptors (Lipinski definition) is 4. The minimum Gasteiger partial charge on any atom is -0.508 e. The van der Waals surface area contributed by atoms with Gasteiger partial charge in [0.25, 0.3) is 0 Å². The van der Waals surface area contributed by atoms with E-state index in [1.54, 1.807) is 0 Å². The summed E-state index contributed by atoms with van der Waals surface area (Å²) in [7, 11) is 0. The molecule has 0 unspecified atom stereocenters. The minimum atomic E-state index is -0.623. The van der Waals surface area contributed by atoms with Gasteiger partial charge < -0.3 is 14.9 Å². The molecular formula is C16H16O4. The van der Waals surface area contributed by atoms with E-state index in [1.165, 1.54) is 17.7 Å². The van der Waals surface area contributed by atoms with Crippen LogP contribution in [0.4, 0.5) is 0 Å². The molecule has 0 aliphatic heterocycles. The van der Waals surface area contributed by atoms with Gasteiger partial charge in [-0.1, -0.05) is 31.2 Å². The fourth-order valence-electron chi connectivity index (χ4n) is 1.79. The minimum absolute atomic E-state index is 0.0352. The van der Waals surface area contributed by atoms with Crippen molar-refractivity contribution in [2.24, 2.45) is 0 Å². The first kappa shape index (κ1) is 13.9. The van der Waals surface area contributed by atoms with Crippen molar-refractivity contribution in [2.75, 3.05) is 0 Å². The molecule has 0 aromatic heterocycles. The molecule has 2 rings (SSSR count). The molecule has 2 aromatic rings. The first-order valence-corrected chi connectivity index (χ1v) is 6.37. The second-order valence-corrected chi connectivity index (χ2v) is 4.45. The van der Waals surface area contributed by atoms with Crippen LogP contribution in [0.15, 0.2) is 42.5 Å². The van der Waals surface area contributed by atoms with Gasteiger partial charge in [-0.25, -0.2) is 4.79 Å².